The normalized spacial score (nSPS) is 11.9. The number of aryl methyl sites for hydroxylation is 1. The summed E-state index contributed by atoms with van der Waals surface area (Å²) < 4.78 is 0.950. The lowest BCUT2D eigenvalue weighted by atomic mass is 10.1. The third-order valence-electron chi connectivity index (χ3n) is 4.22. The van der Waals surface area contributed by atoms with Crippen LogP contribution in [-0.2, 0) is 16.1 Å². The summed E-state index contributed by atoms with van der Waals surface area (Å²) in [5, 5.41) is 2.91. The van der Waals surface area contributed by atoms with E-state index < -0.39 is 6.04 Å². The van der Waals surface area contributed by atoms with Gasteiger partial charge in [-0.3, -0.25) is 9.59 Å². The van der Waals surface area contributed by atoms with Gasteiger partial charge in [0.1, 0.15) is 6.04 Å². The Balaban J connectivity index is 2.14. The van der Waals surface area contributed by atoms with Crippen molar-refractivity contribution >= 4 is 39.5 Å². The number of halogens is 1. The minimum Gasteiger partial charge on any atom is -0.352 e. The molecule has 2 rings (SSSR count). The van der Waals surface area contributed by atoms with Crippen molar-refractivity contribution in [2.45, 2.75) is 51.2 Å². The third kappa shape index (κ3) is 6.99. The van der Waals surface area contributed by atoms with E-state index in [1.807, 2.05) is 69.3 Å². The minimum atomic E-state index is -0.549. The van der Waals surface area contributed by atoms with Crippen molar-refractivity contribution in [1.29, 1.82) is 0 Å². The summed E-state index contributed by atoms with van der Waals surface area (Å²) in [5.41, 5.74) is 2.16. The van der Waals surface area contributed by atoms with Crippen LogP contribution in [0.5, 0.6) is 0 Å². The maximum atomic E-state index is 13.0. The maximum Gasteiger partial charge on any atom is 0.242 e. The predicted molar refractivity (Wildman–Crippen MR) is 119 cm³/mol. The fraction of sp³-hybridized carbons (Fsp3) is 0.364. The Hall–Kier alpha value is -1.79. The highest BCUT2D eigenvalue weighted by Gasteiger charge is 2.26. The second-order valence-electron chi connectivity index (χ2n) is 7.09. The fourth-order valence-corrected chi connectivity index (χ4v) is 3.91. The quantitative estimate of drug-likeness (QED) is 0.573. The Kier molecular flexibility index (Phi) is 8.58. The molecule has 0 fully saturated rings. The lowest BCUT2D eigenvalue weighted by Crippen LogP contribution is -2.49. The van der Waals surface area contributed by atoms with Crippen molar-refractivity contribution in [2.24, 2.45) is 0 Å². The average molecular weight is 463 g/mol. The van der Waals surface area contributed by atoms with E-state index in [9.17, 15) is 9.59 Å². The Morgan fingerprint density at radius 2 is 1.79 bits per heavy atom. The number of amides is 2. The largest absolute Gasteiger partial charge is 0.352 e. The van der Waals surface area contributed by atoms with Crippen LogP contribution in [0.15, 0.2) is 57.9 Å². The number of carbonyl (C=O) groups is 2. The van der Waals surface area contributed by atoms with Crippen molar-refractivity contribution in [1.82, 2.24) is 10.2 Å². The van der Waals surface area contributed by atoms with Crippen LogP contribution in [-0.4, -0.2) is 34.6 Å². The van der Waals surface area contributed by atoms with Gasteiger partial charge in [-0.05, 0) is 57.5 Å². The van der Waals surface area contributed by atoms with Crippen LogP contribution in [0.3, 0.4) is 0 Å². The van der Waals surface area contributed by atoms with Crippen LogP contribution in [0, 0.1) is 6.92 Å². The molecule has 0 saturated carbocycles. The standard InChI is InChI=1S/C22H27BrN2O2S/c1-15(2)24-22(27)17(4)25(13-18-6-5-7-19(23)12-18)21(26)14-28-20-10-8-16(3)9-11-20/h5-12,15,17H,13-14H2,1-4H3,(H,24,27)/t17-/m1/s1. The second kappa shape index (κ2) is 10.7. The van der Waals surface area contributed by atoms with Crippen molar-refractivity contribution in [3.05, 3.63) is 64.1 Å². The topological polar surface area (TPSA) is 49.4 Å². The molecular formula is C22H27BrN2O2S. The van der Waals surface area contributed by atoms with Crippen LogP contribution in [0.2, 0.25) is 0 Å². The molecule has 150 valence electrons. The van der Waals surface area contributed by atoms with E-state index in [2.05, 4.69) is 21.2 Å². The first-order valence-electron chi connectivity index (χ1n) is 9.30. The highest BCUT2D eigenvalue weighted by molar-refractivity contribution is 9.10. The van der Waals surface area contributed by atoms with E-state index in [-0.39, 0.29) is 23.6 Å². The predicted octanol–water partition coefficient (Wildman–Crippen LogP) is 4.79. The second-order valence-corrected chi connectivity index (χ2v) is 9.06. The summed E-state index contributed by atoms with van der Waals surface area (Å²) in [7, 11) is 0. The number of nitrogens with one attached hydrogen (secondary N) is 1. The number of hydrogen-bond donors (Lipinski definition) is 1. The summed E-state index contributed by atoms with van der Waals surface area (Å²) >= 11 is 4.96. The average Bonchev–Trinajstić information content (AvgIpc) is 2.64. The minimum absolute atomic E-state index is 0.0275. The van der Waals surface area contributed by atoms with Gasteiger partial charge in [-0.25, -0.2) is 0 Å². The first kappa shape index (κ1) is 22.5. The zero-order valence-corrected chi connectivity index (χ0v) is 19.1. The van der Waals surface area contributed by atoms with Gasteiger partial charge in [0.15, 0.2) is 0 Å². The van der Waals surface area contributed by atoms with E-state index in [1.165, 1.54) is 17.3 Å². The number of thioether (sulfide) groups is 1. The van der Waals surface area contributed by atoms with Gasteiger partial charge in [0, 0.05) is 22.0 Å². The zero-order chi connectivity index (χ0) is 20.7. The molecule has 0 radical (unpaired) electrons. The molecule has 6 heteroatoms. The molecule has 2 amide bonds. The molecule has 0 saturated heterocycles. The van der Waals surface area contributed by atoms with Crippen LogP contribution < -0.4 is 5.32 Å². The molecule has 0 unspecified atom stereocenters. The van der Waals surface area contributed by atoms with Gasteiger partial charge in [0.25, 0.3) is 0 Å². The van der Waals surface area contributed by atoms with Crippen molar-refractivity contribution < 1.29 is 9.59 Å². The Labute approximate surface area is 180 Å². The van der Waals surface area contributed by atoms with Crippen molar-refractivity contribution in [3.8, 4) is 0 Å². The van der Waals surface area contributed by atoms with Gasteiger partial charge in [-0.15, -0.1) is 11.8 Å². The summed E-state index contributed by atoms with van der Waals surface area (Å²) in [6.45, 7) is 8.04. The van der Waals surface area contributed by atoms with E-state index >= 15 is 0 Å². The van der Waals surface area contributed by atoms with Gasteiger partial charge in [-0.2, -0.15) is 0 Å². The molecule has 0 spiro atoms. The smallest absolute Gasteiger partial charge is 0.242 e. The molecular weight excluding hydrogens is 436 g/mol. The zero-order valence-electron chi connectivity index (χ0n) is 16.7. The summed E-state index contributed by atoms with van der Waals surface area (Å²) in [6.07, 6.45) is 0. The van der Waals surface area contributed by atoms with Crippen LogP contribution in [0.25, 0.3) is 0 Å². The molecule has 0 aliphatic carbocycles. The summed E-state index contributed by atoms with van der Waals surface area (Å²) in [5.74, 6) is 0.0896. The van der Waals surface area contributed by atoms with Gasteiger partial charge >= 0.3 is 0 Å². The SMILES string of the molecule is Cc1ccc(SCC(=O)N(Cc2cccc(Br)c2)[C@H](C)C(=O)NC(C)C)cc1. The van der Waals surface area contributed by atoms with E-state index in [1.54, 1.807) is 11.8 Å². The van der Waals surface area contributed by atoms with Crippen LogP contribution in [0.4, 0.5) is 0 Å². The van der Waals surface area contributed by atoms with Crippen LogP contribution in [0.1, 0.15) is 31.9 Å². The highest BCUT2D eigenvalue weighted by Crippen LogP contribution is 2.21. The molecule has 0 aliphatic heterocycles. The molecule has 0 heterocycles. The molecule has 0 bridgehead atoms. The van der Waals surface area contributed by atoms with Gasteiger partial charge < -0.3 is 10.2 Å². The third-order valence-corrected chi connectivity index (χ3v) is 5.71. The van der Waals surface area contributed by atoms with Crippen molar-refractivity contribution in [2.75, 3.05) is 5.75 Å². The lowest BCUT2D eigenvalue weighted by Gasteiger charge is -2.29. The number of nitrogens with zero attached hydrogens (tertiary/aromatic N) is 1. The number of hydrogen-bond acceptors (Lipinski definition) is 3. The highest BCUT2D eigenvalue weighted by atomic mass is 79.9. The van der Waals surface area contributed by atoms with E-state index in [0.29, 0.717) is 6.54 Å². The Bertz CT molecular complexity index is 808. The first-order chi connectivity index (χ1) is 13.3. The Morgan fingerprint density at radius 1 is 1.11 bits per heavy atom. The number of carbonyl (C=O) groups excluding carboxylic acids is 2. The fourth-order valence-electron chi connectivity index (χ4n) is 2.68. The molecule has 2 aromatic rings. The van der Waals surface area contributed by atoms with Gasteiger partial charge in [0.2, 0.25) is 11.8 Å². The molecule has 4 nitrogen and oxygen atoms in total. The lowest BCUT2D eigenvalue weighted by molar-refractivity contribution is -0.138. The molecule has 0 aliphatic rings. The molecule has 1 atom stereocenters. The van der Waals surface area contributed by atoms with Gasteiger partial charge in [0.05, 0.1) is 5.75 Å². The first-order valence-corrected chi connectivity index (χ1v) is 11.1. The number of rotatable bonds is 8. The maximum absolute atomic E-state index is 13.0. The molecule has 2 aromatic carbocycles. The number of benzene rings is 2. The molecule has 28 heavy (non-hydrogen) atoms. The molecule has 1 N–H and O–H groups in total. The summed E-state index contributed by atoms with van der Waals surface area (Å²) in [6, 6.07) is 15.4. The van der Waals surface area contributed by atoms with Crippen molar-refractivity contribution in [3.63, 3.8) is 0 Å². The monoisotopic (exact) mass is 462 g/mol. The van der Waals surface area contributed by atoms with E-state index in [0.717, 1.165) is 14.9 Å². The Morgan fingerprint density at radius 3 is 2.39 bits per heavy atom. The van der Waals surface area contributed by atoms with E-state index in [4.69, 9.17) is 0 Å². The molecule has 0 aromatic heterocycles. The van der Waals surface area contributed by atoms with Crippen LogP contribution >= 0.6 is 27.7 Å². The van der Waals surface area contributed by atoms with Gasteiger partial charge in [-0.1, -0.05) is 45.8 Å². The summed E-state index contributed by atoms with van der Waals surface area (Å²) in [4.78, 5) is 28.3.